The molecule has 0 bridgehead atoms. The standard InChI is InChI=1S/C17H19F3N2O3.C2H6/c1-5-25-13(23)8-22-16(24)14-10(4)6-11(17(18,19)20)7-12(14)15(21-22)9(2)3;1-2/h6-7,9H,5,8H2,1-4H3;1-2H3. The van der Waals surface area contributed by atoms with Gasteiger partial charge in [0, 0.05) is 5.39 Å². The van der Waals surface area contributed by atoms with Gasteiger partial charge in [-0.1, -0.05) is 27.7 Å². The van der Waals surface area contributed by atoms with E-state index in [-0.39, 0.29) is 35.4 Å². The summed E-state index contributed by atoms with van der Waals surface area (Å²) in [6.45, 7) is 10.4. The number of hydrogen-bond donors (Lipinski definition) is 0. The van der Waals surface area contributed by atoms with Gasteiger partial charge in [0.2, 0.25) is 0 Å². The van der Waals surface area contributed by atoms with E-state index in [0.29, 0.717) is 5.69 Å². The first-order chi connectivity index (χ1) is 12.6. The minimum absolute atomic E-state index is 0.135. The molecule has 0 aliphatic carbocycles. The zero-order valence-corrected chi connectivity index (χ0v) is 16.4. The van der Waals surface area contributed by atoms with Gasteiger partial charge in [-0.25, -0.2) is 4.68 Å². The molecular formula is C19H25F3N2O3. The van der Waals surface area contributed by atoms with Crippen LogP contribution in [0, 0.1) is 6.92 Å². The lowest BCUT2D eigenvalue weighted by molar-refractivity contribution is -0.144. The SMILES string of the molecule is CC.CCOC(=O)Cn1nc(C(C)C)c2cc(C(F)(F)F)cc(C)c2c1=O. The number of ether oxygens (including phenoxy) is 1. The number of hydrogen-bond acceptors (Lipinski definition) is 4. The van der Waals surface area contributed by atoms with Crippen LogP contribution in [0.15, 0.2) is 16.9 Å². The maximum atomic E-state index is 13.1. The molecular weight excluding hydrogens is 361 g/mol. The summed E-state index contributed by atoms with van der Waals surface area (Å²) in [7, 11) is 0. The Morgan fingerprint density at radius 3 is 2.33 bits per heavy atom. The second kappa shape index (κ2) is 9.01. The molecule has 0 aliphatic heterocycles. The van der Waals surface area contributed by atoms with Crippen LogP contribution in [0.2, 0.25) is 0 Å². The number of esters is 1. The number of carbonyl (C=O) groups excluding carboxylic acids is 1. The molecule has 0 atom stereocenters. The van der Waals surface area contributed by atoms with Crippen LogP contribution in [0.4, 0.5) is 13.2 Å². The summed E-state index contributed by atoms with van der Waals surface area (Å²) in [5.74, 6) is -0.866. The van der Waals surface area contributed by atoms with E-state index in [4.69, 9.17) is 4.74 Å². The molecule has 1 heterocycles. The first kappa shape index (κ1) is 22.7. The summed E-state index contributed by atoms with van der Waals surface area (Å²) in [5.41, 5.74) is -0.924. The highest BCUT2D eigenvalue weighted by Crippen LogP contribution is 2.34. The zero-order valence-electron chi connectivity index (χ0n) is 16.4. The number of aryl methyl sites for hydroxylation is 1. The molecule has 0 fully saturated rings. The molecule has 0 unspecified atom stereocenters. The van der Waals surface area contributed by atoms with Crippen molar-refractivity contribution in [1.82, 2.24) is 9.78 Å². The lowest BCUT2D eigenvalue weighted by Crippen LogP contribution is -2.30. The van der Waals surface area contributed by atoms with Crippen molar-refractivity contribution in [3.8, 4) is 0 Å². The molecule has 0 saturated carbocycles. The predicted octanol–water partition coefficient (Wildman–Crippen LogP) is 4.44. The zero-order chi connectivity index (χ0) is 20.9. The Morgan fingerprint density at radius 1 is 1.26 bits per heavy atom. The van der Waals surface area contributed by atoms with E-state index in [9.17, 15) is 22.8 Å². The Balaban J connectivity index is 0.00000176. The molecule has 0 spiro atoms. The van der Waals surface area contributed by atoms with Gasteiger partial charge < -0.3 is 4.74 Å². The van der Waals surface area contributed by atoms with Gasteiger partial charge in [-0.3, -0.25) is 9.59 Å². The third-order valence-electron chi connectivity index (χ3n) is 3.75. The van der Waals surface area contributed by atoms with Crippen molar-refractivity contribution in [2.24, 2.45) is 0 Å². The summed E-state index contributed by atoms with van der Waals surface area (Å²) < 4.78 is 45.1. The van der Waals surface area contributed by atoms with E-state index in [1.165, 1.54) is 6.92 Å². The van der Waals surface area contributed by atoms with Crippen LogP contribution in [-0.2, 0) is 22.3 Å². The number of nitrogens with zero attached hydrogens (tertiary/aromatic N) is 2. The van der Waals surface area contributed by atoms with E-state index >= 15 is 0 Å². The summed E-state index contributed by atoms with van der Waals surface area (Å²) in [6, 6.07) is 1.88. The molecule has 27 heavy (non-hydrogen) atoms. The number of aromatic nitrogens is 2. The molecule has 0 radical (unpaired) electrons. The Morgan fingerprint density at radius 2 is 1.85 bits per heavy atom. The third kappa shape index (κ3) is 5.08. The quantitative estimate of drug-likeness (QED) is 0.729. The summed E-state index contributed by atoms with van der Waals surface area (Å²) >= 11 is 0. The number of carbonyl (C=O) groups is 1. The molecule has 2 aromatic rings. The number of halogens is 3. The molecule has 150 valence electrons. The van der Waals surface area contributed by atoms with Gasteiger partial charge in [0.1, 0.15) is 6.54 Å². The number of rotatable bonds is 4. The minimum atomic E-state index is -4.52. The number of fused-ring (bicyclic) bond motifs is 1. The van der Waals surface area contributed by atoms with Crippen molar-refractivity contribution in [3.05, 3.63) is 39.3 Å². The van der Waals surface area contributed by atoms with Crippen molar-refractivity contribution in [1.29, 1.82) is 0 Å². The fourth-order valence-electron chi connectivity index (χ4n) is 2.66. The van der Waals surface area contributed by atoms with Crippen molar-refractivity contribution >= 4 is 16.7 Å². The second-order valence-electron chi connectivity index (χ2n) is 6.02. The van der Waals surface area contributed by atoms with Gasteiger partial charge in [-0.05, 0) is 37.5 Å². The Labute approximate surface area is 156 Å². The van der Waals surface area contributed by atoms with E-state index < -0.39 is 23.3 Å². The van der Waals surface area contributed by atoms with Crippen LogP contribution in [0.5, 0.6) is 0 Å². The number of alkyl halides is 3. The van der Waals surface area contributed by atoms with Gasteiger partial charge in [-0.15, -0.1) is 0 Å². The van der Waals surface area contributed by atoms with Crippen LogP contribution in [0.3, 0.4) is 0 Å². The highest BCUT2D eigenvalue weighted by Gasteiger charge is 2.32. The lowest BCUT2D eigenvalue weighted by atomic mass is 9.97. The van der Waals surface area contributed by atoms with Crippen molar-refractivity contribution in [2.75, 3.05) is 6.61 Å². The molecule has 1 aromatic carbocycles. The lowest BCUT2D eigenvalue weighted by Gasteiger charge is -2.16. The second-order valence-corrected chi connectivity index (χ2v) is 6.02. The van der Waals surface area contributed by atoms with Gasteiger partial charge in [0.25, 0.3) is 5.56 Å². The van der Waals surface area contributed by atoms with Crippen molar-refractivity contribution in [2.45, 2.75) is 60.2 Å². The smallest absolute Gasteiger partial charge is 0.416 e. The fraction of sp³-hybridized carbons (Fsp3) is 0.526. The molecule has 8 heteroatoms. The monoisotopic (exact) mass is 386 g/mol. The maximum absolute atomic E-state index is 13.1. The first-order valence-electron chi connectivity index (χ1n) is 8.84. The molecule has 5 nitrogen and oxygen atoms in total. The number of benzene rings is 1. The van der Waals surface area contributed by atoms with Crippen LogP contribution in [0.1, 0.15) is 57.4 Å². The van der Waals surface area contributed by atoms with Gasteiger partial charge in [0.05, 0.1) is 23.3 Å². The first-order valence-corrected chi connectivity index (χ1v) is 8.84. The average molecular weight is 386 g/mol. The van der Waals surface area contributed by atoms with Gasteiger partial charge in [-0.2, -0.15) is 18.3 Å². The highest BCUT2D eigenvalue weighted by molar-refractivity contribution is 5.88. The third-order valence-corrected chi connectivity index (χ3v) is 3.75. The van der Waals surface area contributed by atoms with Crippen LogP contribution >= 0.6 is 0 Å². The largest absolute Gasteiger partial charge is 0.465 e. The summed E-state index contributed by atoms with van der Waals surface area (Å²) in [6.07, 6.45) is -4.52. The fourth-order valence-corrected chi connectivity index (χ4v) is 2.66. The summed E-state index contributed by atoms with van der Waals surface area (Å²) in [5, 5.41) is 4.42. The van der Waals surface area contributed by atoms with E-state index in [1.54, 1.807) is 20.8 Å². The Kier molecular flexibility index (Phi) is 7.56. The minimum Gasteiger partial charge on any atom is -0.465 e. The molecule has 2 rings (SSSR count). The predicted molar refractivity (Wildman–Crippen MR) is 97.8 cm³/mol. The van der Waals surface area contributed by atoms with Gasteiger partial charge in [0.15, 0.2) is 0 Å². The van der Waals surface area contributed by atoms with Crippen molar-refractivity contribution < 1.29 is 22.7 Å². The highest BCUT2D eigenvalue weighted by atomic mass is 19.4. The molecule has 0 saturated heterocycles. The average Bonchev–Trinajstić information content (AvgIpc) is 2.57. The van der Waals surface area contributed by atoms with E-state index in [1.807, 2.05) is 13.8 Å². The Hall–Kier alpha value is -2.38. The van der Waals surface area contributed by atoms with Gasteiger partial charge >= 0.3 is 12.1 Å². The Bertz CT molecular complexity index is 871. The molecule has 0 N–H and O–H groups in total. The normalized spacial score (nSPS) is 11.3. The van der Waals surface area contributed by atoms with Crippen LogP contribution in [-0.4, -0.2) is 22.4 Å². The van der Waals surface area contributed by atoms with Crippen molar-refractivity contribution in [3.63, 3.8) is 0 Å². The molecule has 0 amide bonds. The van der Waals surface area contributed by atoms with E-state index in [0.717, 1.165) is 16.8 Å². The summed E-state index contributed by atoms with van der Waals surface area (Å²) in [4.78, 5) is 24.3. The van der Waals surface area contributed by atoms with E-state index in [2.05, 4.69) is 5.10 Å². The van der Waals surface area contributed by atoms with Crippen LogP contribution in [0.25, 0.3) is 10.8 Å². The topological polar surface area (TPSA) is 61.2 Å². The molecule has 1 aromatic heterocycles. The molecule has 0 aliphatic rings. The van der Waals surface area contributed by atoms with Crippen LogP contribution < -0.4 is 5.56 Å². The maximum Gasteiger partial charge on any atom is 0.416 e.